The molecule has 0 aliphatic rings. The number of hydrogen-bond donors (Lipinski definition) is 3. The smallest absolute Gasteiger partial charge is 0.233 e. The Hall–Kier alpha value is -1.88. The van der Waals surface area contributed by atoms with Gasteiger partial charge in [-0.3, -0.25) is 10.1 Å². The first-order valence-corrected chi connectivity index (χ1v) is 5.90. The molecule has 1 heterocycles. The van der Waals surface area contributed by atoms with Crippen molar-refractivity contribution in [2.45, 2.75) is 20.8 Å². The summed E-state index contributed by atoms with van der Waals surface area (Å²) in [7, 11) is 0. The van der Waals surface area contributed by atoms with Crippen molar-refractivity contribution in [3.63, 3.8) is 0 Å². The molecule has 0 atom stereocenters. The molecule has 0 aliphatic heterocycles. The number of carbonyl (C=O) groups excluding carboxylic acids is 1. The third kappa shape index (κ3) is 2.36. The van der Waals surface area contributed by atoms with Gasteiger partial charge < -0.3 is 10.7 Å². The molecule has 18 heavy (non-hydrogen) atoms. The van der Waals surface area contributed by atoms with Crippen LogP contribution in [0.1, 0.15) is 19.4 Å². The van der Waals surface area contributed by atoms with E-state index in [0.717, 1.165) is 16.6 Å². The number of carbonyl (C=O) groups is 1. The molecule has 2 aromatic rings. The van der Waals surface area contributed by atoms with Crippen LogP contribution < -0.4 is 11.1 Å². The van der Waals surface area contributed by atoms with Gasteiger partial charge in [0.2, 0.25) is 11.9 Å². The van der Waals surface area contributed by atoms with Crippen LogP contribution in [0.2, 0.25) is 0 Å². The fourth-order valence-corrected chi connectivity index (χ4v) is 1.55. The highest BCUT2D eigenvalue weighted by Gasteiger charge is 2.26. The Bertz CT molecular complexity index is 586. The van der Waals surface area contributed by atoms with E-state index in [2.05, 4.69) is 15.3 Å². The first kappa shape index (κ1) is 12.6. The van der Waals surface area contributed by atoms with E-state index < -0.39 is 5.41 Å². The summed E-state index contributed by atoms with van der Waals surface area (Å²) < 4.78 is 0. The molecule has 0 saturated heterocycles. The van der Waals surface area contributed by atoms with Gasteiger partial charge in [0.25, 0.3) is 0 Å². The van der Waals surface area contributed by atoms with Crippen LogP contribution in [0.25, 0.3) is 11.0 Å². The summed E-state index contributed by atoms with van der Waals surface area (Å²) in [6, 6.07) is 5.90. The number of nitrogens with two attached hydrogens (primary N) is 1. The molecule has 5 heteroatoms. The SMILES string of the molecule is Cc1ccc2nc(NC(=O)C(C)(C)CN)[nH]c2c1. The Morgan fingerprint density at radius 3 is 2.89 bits per heavy atom. The number of H-pyrrole nitrogens is 1. The molecule has 5 nitrogen and oxygen atoms in total. The van der Waals surface area contributed by atoms with Gasteiger partial charge in [-0.05, 0) is 38.5 Å². The molecule has 0 radical (unpaired) electrons. The molecule has 2 rings (SSSR count). The summed E-state index contributed by atoms with van der Waals surface area (Å²) >= 11 is 0. The molecule has 1 aromatic carbocycles. The van der Waals surface area contributed by atoms with Crippen LogP contribution in [-0.2, 0) is 4.79 Å². The topological polar surface area (TPSA) is 83.8 Å². The summed E-state index contributed by atoms with van der Waals surface area (Å²) in [4.78, 5) is 19.4. The first-order valence-electron chi connectivity index (χ1n) is 5.90. The molecule has 96 valence electrons. The van der Waals surface area contributed by atoms with Gasteiger partial charge in [-0.1, -0.05) is 6.07 Å². The van der Waals surface area contributed by atoms with Crippen LogP contribution >= 0.6 is 0 Å². The summed E-state index contributed by atoms with van der Waals surface area (Å²) in [5.74, 6) is 0.322. The minimum atomic E-state index is -0.602. The molecule has 1 aromatic heterocycles. The van der Waals surface area contributed by atoms with Crippen molar-refractivity contribution in [2.75, 3.05) is 11.9 Å². The van der Waals surface area contributed by atoms with E-state index in [9.17, 15) is 4.79 Å². The molecule has 0 bridgehead atoms. The monoisotopic (exact) mass is 246 g/mol. The van der Waals surface area contributed by atoms with Crippen molar-refractivity contribution in [3.8, 4) is 0 Å². The maximum absolute atomic E-state index is 12.0. The van der Waals surface area contributed by atoms with Gasteiger partial charge in [-0.25, -0.2) is 4.98 Å². The number of nitrogens with zero attached hydrogens (tertiary/aromatic N) is 1. The zero-order valence-corrected chi connectivity index (χ0v) is 10.9. The minimum absolute atomic E-state index is 0.138. The van der Waals surface area contributed by atoms with Crippen molar-refractivity contribution in [1.82, 2.24) is 9.97 Å². The number of hydrogen-bond acceptors (Lipinski definition) is 3. The highest BCUT2D eigenvalue weighted by Crippen LogP contribution is 2.19. The van der Waals surface area contributed by atoms with Crippen LogP contribution in [0.5, 0.6) is 0 Å². The van der Waals surface area contributed by atoms with Crippen molar-refractivity contribution in [1.29, 1.82) is 0 Å². The molecule has 0 fully saturated rings. The van der Waals surface area contributed by atoms with Gasteiger partial charge in [-0.2, -0.15) is 0 Å². The van der Waals surface area contributed by atoms with Gasteiger partial charge in [0.05, 0.1) is 16.4 Å². The van der Waals surface area contributed by atoms with Crippen LogP contribution in [0.4, 0.5) is 5.95 Å². The number of aromatic nitrogens is 2. The molecule has 0 spiro atoms. The molecular weight excluding hydrogens is 228 g/mol. The second-order valence-corrected chi connectivity index (χ2v) is 5.15. The van der Waals surface area contributed by atoms with E-state index >= 15 is 0 Å². The van der Waals surface area contributed by atoms with Crippen molar-refractivity contribution >= 4 is 22.9 Å². The third-order valence-corrected chi connectivity index (χ3v) is 2.99. The minimum Gasteiger partial charge on any atom is -0.329 e. The number of rotatable bonds is 3. The lowest BCUT2D eigenvalue weighted by molar-refractivity contribution is -0.123. The van der Waals surface area contributed by atoms with Crippen LogP contribution in [0, 0.1) is 12.3 Å². The molecule has 0 saturated carbocycles. The Balaban J connectivity index is 2.25. The Morgan fingerprint density at radius 2 is 2.22 bits per heavy atom. The number of nitrogens with one attached hydrogen (secondary N) is 2. The van der Waals surface area contributed by atoms with Crippen molar-refractivity contribution in [3.05, 3.63) is 23.8 Å². The number of fused-ring (bicyclic) bond motifs is 1. The lowest BCUT2D eigenvalue weighted by Crippen LogP contribution is -2.37. The molecule has 1 amide bonds. The number of anilines is 1. The van der Waals surface area contributed by atoms with E-state index in [-0.39, 0.29) is 12.5 Å². The normalized spacial score (nSPS) is 11.8. The van der Waals surface area contributed by atoms with Crippen molar-refractivity contribution in [2.24, 2.45) is 11.1 Å². The van der Waals surface area contributed by atoms with Crippen molar-refractivity contribution < 1.29 is 4.79 Å². The summed E-state index contributed by atoms with van der Waals surface area (Å²) in [6.45, 7) is 5.90. The van der Waals surface area contributed by atoms with Crippen LogP contribution in [0.15, 0.2) is 18.2 Å². The standard InChI is InChI=1S/C13H18N4O/c1-8-4-5-9-10(6-8)16-12(15-9)17-11(18)13(2,3)7-14/h4-6H,7,14H2,1-3H3,(H2,15,16,17,18). The lowest BCUT2D eigenvalue weighted by Gasteiger charge is -2.19. The Labute approximate surface area is 106 Å². The Morgan fingerprint density at radius 1 is 1.50 bits per heavy atom. The van der Waals surface area contributed by atoms with E-state index in [0.29, 0.717) is 5.95 Å². The van der Waals surface area contributed by atoms with E-state index in [1.54, 1.807) is 13.8 Å². The largest absolute Gasteiger partial charge is 0.329 e. The maximum Gasteiger partial charge on any atom is 0.233 e. The molecule has 0 aliphatic carbocycles. The molecule has 4 N–H and O–H groups in total. The first-order chi connectivity index (χ1) is 8.42. The predicted octanol–water partition coefficient (Wildman–Crippen LogP) is 1.79. The summed E-state index contributed by atoms with van der Waals surface area (Å²) in [6.07, 6.45) is 0. The fraction of sp³-hybridized carbons (Fsp3) is 0.385. The van der Waals surface area contributed by atoms with Crippen LogP contribution in [-0.4, -0.2) is 22.4 Å². The third-order valence-electron chi connectivity index (χ3n) is 2.99. The zero-order valence-electron chi connectivity index (χ0n) is 10.9. The fourth-order valence-electron chi connectivity index (χ4n) is 1.55. The summed E-state index contributed by atoms with van der Waals surface area (Å²) in [5, 5.41) is 2.76. The van der Waals surface area contributed by atoms with Crippen LogP contribution in [0.3, 0.4) is 0 Å². The zero-order chi connectivity index (χ0) is 13.3. The number of benzene rings is 1. The molecule has 0 unspecified atom stereocenters. The predicted molar refractivity (Wildman–Crippen MR) is 72.3 cm³/mol. The highest BCUT2D eigenvalue weighted by atomic mass is 16.2. The number of imidazole rings is 1. The summed E-state index contributed by atoms with van der Waals surface area (Å²) in [5.41, 5.74) is 7.85. The maximum atomic E-state index is 12.0. The van der Waals surface area contributed by atoms with E-state index in [1.807, 2.05) is 25.1 Å². The van der Waals surface area contributed by atoms with Gasteiger partial charge in [-0.15, -0.1) is 0 Å². The van der Waals surface area contributed by atoms with Gasteiger partial charge in [0.1, 0.15) is 0 Å². The van der Waals surface area contributed by atoms with E-state index in [4.69, 9.17) is 5.73 Å². The molecular formula is C13H18N4O. The number of aromatic amines is 1. The average Bonchev–Trinajstić information content (AvgIpc) is 2.70. The van der Waals surface area contributed by atoms with Gasteiger partial charge in [0.15, 0.2) is 0 Å². The van der Waals surface area contributed by atoms with E-state index in [1.165, 1.54) is 0 Å². The number of amides is 1. The van der Waals surface area contributed by atoms with Gasteiger partial charge >= 0.3 is 0 Å². The highest BCUT2D eigenvalue weighted by molar-refractivity contribution is 5.95. The number of aryl methyl sites for hydroxylation is 1. The average molecular weight is 246 g/mol. The second kappa shape index (κ2) is 4.42. The lowest BCUT2D eigenvalue weighted by atomic mass is 9.93. The Kier molecular flexibility index (Phi) is 3.09. The van der Waals surface area contributed by atoms with Gasteiger partial charge in [0, 0.05) is 6.54 Å². The second-order valence-electron chi connectivity index (χ2n) is 5.15. The quantitative estimate of drug-likeness (QED) is 0.772.